The average molecular weight is 219 g/mol. The molecule has 0 saturated carbocycles. The van der Waals surface area contributed by atoms with Crippen LogP contribution in [0.1, 0.15) is 5.56 Å². The molecule has 0 amide bonds. The molecular weight excluding hydrogens is 206 g/mol. The summed E-state index contributed by atoms with van der Waals surface area (Å²) in [6, 6.07) is 16.3. The van der Waals surface area contributed by atoms with Crippen molar-refractivity contribution in [2.75, 3.05) is 0 Å². The Kier molecular flexibility index (Phi) is 3.36. The number of hydrogen-bond acceptors (Lipinski definition) is 0. The summed E-state index contributed by atoms with van der Waals surface area (Å²) in [5, 5.41) is 0.786. The molecule has 0 saturated heterocycles. The normalized spacial score (nSPS) is 10.2. The van der Waals surface area contributed by atoms with Crippen molar-refractivity contribution in [2.24, 2.45) is 0 Å². The highest BCUT2D eigenvalue weighted by Gasteiger charge is 2.05. The number of aryl methyl sites for hydroxylation is 2. The first-order chi connectivity index (χ1) is 7.36. The van der Waals surface area contributed by atoms with Gasteiger partial charge in [0.1, 0.15) is 0 Å². The van der Waals surface area contributed by atoms with Crippen molar-refractivity contribution in [3.05, 3.63) is 65.4 Å². The van der Waals surface area contributed by atoms with Crippen LogP contribution in [0.2, 0.25) is 5.15 Å². The van der Waals surface area contributed by atoms with Crippen LogP contribution in [-0.4, -0.2) is 0 Å². The van der Waals surface area contributed by atoms with Crippen molar-refractivity contribution >= 4 is 11.6 Å². The van der Waals surface area contributed by atoms with Crippen LogP contribution in [-0.2, 0) is 13.0 Å². The van der Waals surface area contributed by atoms with E-state index < -0.39 is 0 Å². The molecule has 2 rings (SSSR count). The SMILES string of the molecule is Clc1cccc[n+]1CCc1ccccc1. The Morgan fingerprint density at radius 2 is 1.67 bits per heavy atom. The molecule has 0 atom stereocenters. The number of pyridine rings is 1. The maximum atomic E-state index is 6.05. The molecule has 0 aliphatic heterocycles. The van der Waals surface area contributed by atoms with Crippen molar-refractivity contribution in [3.63, 3.8) is 0 Å². The molecule has 2 heteroatoms. The molecule has 0 aliphatic rings. The maximum absolute atomic E-state index is 6.05. The van der Waals surface area contributed by atoms with Crippen molar-refractivity contribution in [1.29, 1.82) is 0 Å². The van der Waals surface area contributed by atoms with Gasteiger partial charge in [-0.25, -0.2) is 0 Å². The molecule has 1 nitrogen and oxygen atoms in total. The second-order valence-electron chi connectivity index (χ2n) is 3.45. The van der Waals surface area contributed by atoms with Gasteiger partial charge in [0.2, 0.25) is 0 Å². The molecule has 15 heavy (non-hydrogen) atoms. The molecule has 0 N–H and O–H groups in total. The van der Waals surface area contributed by atoms with E-state index in [9.17, 15) is 0 Å². The fourth-order valence-electron chi connectivity index (χ4n) is 1.53. The number of hydrogen-bond donors (Lipinski definition) is 0. The van der Waals surface area contributed by atoms with Gasteiger partial charge >= 0.3 is 0 Å². The van der Waals surface area contributed by atoms with Gasteiger partial charge in [-0.1, -0.05) is 30.3 Å². The van der Waals surface area contributed by atoms with E-state index >= 15 is 0 Å². The van der Waals surface area contributed by atoms with Crippen LogP contribution in [0.25, 0.3) is 0 Å². The van der Waals surface area contributed by atoms with Gasteiger partial charge in [-0.05, 0) is 23.2 Å². The molecule has 1 aromatic heterocycles. The summed E-state index contributed by atoms with van der Waals surface area (Å²) < 4.78 is 2.05. The third-order valence-electron chi connectivity index (χ3n) is 2.37. The standard InChI is InChI=1S/C13H13ClN/c14-13-8-4-5-10-15(13)11-9-12-6-2-1-3-7-12/h1-8,10H,9,11H2/q+1. The second kappa shape index (κ2) is 4.94. The highest BCUT2D eigenvalue weighted by atomic mass is 35.5. The number of benzene rings is 1. The quantitative estimate of drug-likeness (QED) is 0.551. The van der Waals surface area contributed by atoms with E-state index in [0.717, 1.165) is 18.1 Å². The Labute approximate surface area is 95.0 Å². The lowest BCUT2D eigenvalue weighted by atomic mass is 10.1. The Morgan fingerprint density at radius 1 is 0.933 bits per heavy atom. The highest BCUT2D eigenvalue weighted by molar-refractivity contribution is 6.28. The Hall–Kier alpha value is -1.34. The summed E-state index contributed by atoms with van der Waals surface area (Å²) in [7, 11) is 0. The largest absolute Gasteiger partial charge is 0.274 e. The molecule has 0 bridgehead atoms. The number of nitrogens with zero attached hydrogens (tertiary/aromatic N) is 1. The summed E-state index contributed by atoms with van der Waals surface area (Å²) in [6.07, 6.45) is 3.01. The van der Waals surface area contributed by atoms with E-state index in [1.165, 1.54) is 5.56 Å². The number of rotatable bonds is 3. The average Bonchev–Trinajstić information content (AvgIpc) is 2.29. The van der Waals surface area contributed by atoms with E-state index in [-0.39, 0.29) is 0 Å². The van der Waals surface area contributed by atoms with Gasteiger partial charge in [-0.2, -0.15) is 4.57 Å². The molecule has 0 fully saturated rings. The molecule has 1 aromatic carbocycles. The molecule has 1 heterocycles. The summed E-state index contributed by atoms with van der Waals surface area (Å²) in [5.74, 6) is 0. The topological polar surface area (TPSA) is 3.88 Å². The highest BCUT2D eigenvalue weighted by Crippen LogP contribution is 2.02. The first kappa shape index (κ1) is 10.2. The predicted molar refractivity (Wildman–Crippen MR) is 61.8 cm³/mol. The van der Waals surface area contributed by atoms with Crippen molar-refractivity contribution in [1.82, 2.24) is 0 Å². The molecule has 0 radical (unpaired) electrons. The minimum Gasteiger partial charge on any atom is -0.188 e. The zero-order chi connectivity index (χ0) is 10.5. The zero-order valence-electron chi connectivity index (χ0n) is 8.44. The minimum absolute atomic E-state index is 0.786. The van der Waals surface area contributed by atoms with E-state index in [4.69, 9.17) is 11.6 Å². The fourth-order valence-corrected chi connectivity index (χ4v) is 1.74. The third-order valence-corrected chi connectivity index (χ3v) is 2.71. The first-order valence-electron chi connectivity index (χ1n) is 5.04. The van der Waals surface area contributed by atoms with Crippen LogP contribution >= 0.6 is 11.6 Å². The summed E-state index contributed by atoms with van der Waals surface area (Å²) in [4.78, 5) is 0. The van der Waals surface area contributed by atoms with Gasteiger partial charge in [0.25, 0.3) is 5.15 Å². The van der Waals surface area contributed by atoms with Crippen LogP contribution in [0, 0.1) is 0 Å². The van der Waals surface area contributed by atoms with E-state index in [0.29, 0.717) is 0 Å². The van der Waals surface area contributed by atoms with E-state index in [1.807, 2.05) is 30.5 Å². The Morgan fingerprint density at radius 3 is 2.40 bits per heavy atom. The smallest absolute Gasteiger partial charge is 0.188 e. The van der Waals surface area contributed by atoms with Crippen molar-refractivity contribution < 1.29 is 4.57 Å². The van der Waals surface area contributed by atoms with Gasteiger partial charge in [0, 0.05) is 18.6 Å². The van der Waals surface area contributed by atoms with Crippen LogP contribution in [0.15, 0.2) is 54.7 Å². The van der Waals surface area contributed by atoms with Crippen molar-refractivity contribution in [2.45, 2.75) is 13.0 Å². The lowest BCUT2D eigenvalue weighted by Gasteiger charge is -1.99. The first-order valence-corrected chi connectivity index (χ1v) is 5.42. The van der Waals surface area contributed by atoms with Crippen LogP contribution in [0.5, 0.6) is 0 Å². The summed E-state index contributed by atoms with van der Waals surface area (Å²) >= 11 is 6.05. The van der Waals surface area contributed by atoms with Crippen LogP contribution < -0.4 is 4.57 Å². The number of halogens is 1. The van der Waals surface area contributed by atoms with Gasteiger partial charge < -0.3 is 0 Å². The monoisotopic (exact) mass is 218 g/mol. The number of aromatic nitrogens is 1. The minimum atomic E-state index is 0.786. The lowest BCUT2D eigenvalue weighted by molar-refractivity contribution is -0.694. The van der Waals surface area contributed by atoms with Gasteiger partial charge in [0.05, 0.1) is 0 Å². The predicted octanol–water partition coefficient (Wildman–Crippen LogP) is 2.87. The molecule has 2 aromatic rings. The second-order valence-corrected chi connectivity index (χ2v) is 3.84. The Balaban J connectivity index is 2.03. The zero-order valence-corrected chi connectivity index (χ0v) is 9.19. The molecule has 76 valence electrons. The molecule has 0 aliphatic carbocycles. The lowest BCUT2D eigenvalue weighted by Crippen LogP contribution is -2.35. The maximum Gasteiger partial charge on any atom is 0.274 e. The van der Waals surface area contributed by atoms with Gasteiger partial charge in [-0.3, -0.25) is 0 Å². The van der Waals surface area contributed by atoms with Crippen LogP contribution in [0.3, 0.4) is 0 Å². The van der Waals surface area contributed by atoms with Gasteiger partial charge in [-0.15, -0.1) is 0 Å². The summed E-state index contributed by atoms with van der Waals surface area (Å²) in [6.45, 7) is 0.920. The molecule has 0 spiro atoms. The fraction of sp³-hybridized carbons (Fsp3) is 0.154. The Bertz CT molecular complexity index is 426. The summed E-state index contributed by atoms with van der Waals surface area (Å²) in [5.41, 5.74) is 1.34. The molecular formula is C13H13ClN+. The van der Waals surface area contributed by atoms with Crippen molar-refractivity contribution in [3.8, 4) is 0 Å². The van der Waals surface area contributed by atoms with Crippen LogP contribution in [0.4, 0.5) is 0 Å². The van der Waals surface area contributed by atoms with Gasteiger partial charge in [0.15, 0.2) is 12.7 Å². The third kappa shape index (κ3) is 2.80. The van der Waals surface area contributed by atoms with E-state index in [1.54, 1.807) is 0 Å². The van der Waals surface area contributed by atoms with E-state index in [2.05, 4.69) is 28.8 Å². The molecule has 0 unspecified atom stereocenters.